The number of nitrogens with zero attached hydrogens (tertiary/aromatic N) is 4. The number of carbonyl (C=O) groups is 2. The molecule has 1 atom stereocenters. The number of alkyl halides is 3. The number of pyridine rings is 2. The highest BCUT2D eigenvalue weighted by Crippen LogP contribution is 2.38. The highest BCUT2D eigenvalue weighted by molar-refractivity contribution is 7.13. The molecule has 0 bridgehead atoms. The highest BCUT2D eigenvalue weighted by atomic mass is 32.1. The summed E-state index contributed by atoms with van der Waals surface area (Å²) in [5.41, 5.74) is 0.782. The van der Waals surface area contributed by atoms with E-state index in [9.17, 15) is 27.6 Å². The number of benzene rings is 1. The number of aromatic nitrogens is 3. The van der Waals surface area contributed by atoms with Crippen LogP contribution in [0, 0.1) is 0 Å². The molecule has 5 rings (SSSR count). The Morgan fingerprint density at radius 1 is 1.13 bits per heavy atom. The van der Waals surface area contributed by atoms with E-state index in [2.05, 4.69) is 21.9 Å². The van der Waals surface area contributed by atoms with Crippen LogP contribution in [0.3, 0.4) is 0 Å². The molecular formula is C33H35F3N4O4S. The van der Waals surface area contributed by atoms with Crippen molar-refractivity contribution in [1.82, 2.24) is 19.4 Å². The molecule has 1 saturated heterocycles. The third-order valence-electron chi connectivity index (χ3n) is 8.11. The van der Waals surface area contributed by atoms with Crippen molar-refractivity contribution in [3.63, 3.8) is 0 Å². The van der Waals surface area contributed by atoms with Gasteiger partial charge in [0.05, 0.1) is 12.1 Å². The van der Waals surface area contributed by atoms with Gasteiger partial charge in [0.25, 0.3) is 0 Å². The van der Waals surface area contributed by atoms with Crippen LogP contribution in [0.1, 0.15) is 67.7 Å². The number of thiazole rings is 1. The van der Waals surface area contributed by atoms with E-state index in [4.69, 9.17) is 4.74 Å². The molecule has 8 nitrogen and oxygen atoms in total. The number of Topliss-reactive ketones (excluding diaryl/α,β-unsaturated/α-hetero) is 1. The molecule has 4 heterocycles. The number of hydrogen-bond donors (Lipinski definition) is 0. The van der Waals surface area contributed by atoms with Crippen LogP contribution in [0.15, 0.2) is 46.8 Å². The second-order valence-electron chi connectivity index (χ2n) is 11.3. The zero-order chi connectivity index (χ0) is 32.3. The lowest BCUT2D eigenvalue weighted by Gasteiger charge is -2.33. The molecule has 1 unspecified atom stereocenters. The fraction of sp³-hybridized carbons (Fsp3) is 0.424. The smallest absolute Gasteiger partial charge is 0.434 e. The Bertz CT molecular complexity index is 1780. The first-order chi connectivity index (χ1) is 21.5. The van der Waals surface area contributed by atoms with Crippen molar-refractivity contribution >= 4 is 34.0 Å². The Hall–Kier alpha value is -3.90. The molecule has 4 aromatic rings. The molecule has 3 aromatic heterocycles. The van der Waals surface area contributed by atoms with Gasteiger partial charge < -0.3 is 14.2 Å². The molecule has 1 aliphatic rings. The summed E-state index contributed by atoms with van der Waals surface area (Å²) in [5, 5.41) is 1.34. The van der Waals surface area contributed by atoms with Gasteiger partial charge in [0, 0.05) is 65.4 Å². The van der Waals surface area contributed by atoms with E-state index in [1.807, 2.05) is 11.5 Å². The molecule has 0 spiro atoms. The van der Waals surface area contributed by atoms with E-state index in [1.165, 1.54) is 6.20 Å². The maximum absolute atomic E-state index is 13.7. The Labute approximate surface area is 262 Å². The lowest BCUT2D eigenvalue weighted by atomic mass is 9.97. The Morgan fingerprint density at radius 2 is 1.93 bits per heavy atom. The number of hydrogen-bond acceptors (Lipinski definition) is 8. The van der Waals surface area contributed by atoms with Gasteiger partial charge in [0.2, 0.25) is 5.43 Å². The summed E-state index contributed by atoms with van der Waals surface area (Å²) in [6.07, 6.45) is 2.71. The number of rotatable bonds is 10. The van der Waals surface area contributed by atoms with Gasteiger partial charge in [-0.25, -0.2) is 9.78 Å². The normalized spacial score (nSPS) is 15.8. The largest absolute Gasteiger partial charge is 0.462 e. The van der Waals surface area contributed by atoms with Gasteiger partial charge in [0.15, 0.2) is 5.69 Å². The molecule has 12 heteroatoms. The van der Waals surface area contributed by atoms with Crippen molar-refractivity contribution in [3.05, 3.63) is 69.2 Å². The minimum absolute atomic E-state index is 0.0276. The lowest BCUT2D eigenvalue weighted by Crippen LogP contribution is -2.39. The molecule has 238 valence electrons. The summed E-state index contributed by atoms with van der Waals surface area (Å²) in [6.45, 7) is 5.19. The first kappa shape index (κ1) is 32.5. The number of ketones is 1. The molecule has 0 amide bonds. The summed E-state index contributed by atoms with van der Waals surface area (Å²) >= 11 is 0.841. The molecule has 45 heavy (non-hydrogen) atoms. The van der Waals surface area contributed by atoms with E-state index in [0.717, 1.165) is 42.5 Å². The summed E-state index contributed by atoms with van der Waals surface area (Å²) in [5.74, 6) is -0.744. The highest BCUT2D eigenvalue weighted by Gasteiger charge is 2.34. The van der Waals surface area contributed by atoms with Gasteiger partial charge in [-0.3, -0.25) is 14.6 Å². The fourth-order valence-electron chi connectivity index (χ4n) is 5.77. The third kappa shape index (κ3) is 7.17. The minimum atomic E-state index is -4.62. The maximum Gasteiger partial charge on any atom is 0.434 e. The summed E-state index contributed by atoms with van der Waals surface area (Å²) in [4.78, 5) is 49.6. The van der Waals surface area contributed by atoms with Crippen LogP contribution in [0.25, 0.3) is 32.6 Å². The van der Waals surface area contributed by atoms with Gasteiger partial charge in [-0.05, 0) is 63.5 Å². The van der Waals surface area contributed by atoms with Crippen LogP contribution in [-0.2, 0) is 28.7 Å². The van der Waals surface area contributed by atoms with E-state index in [-0.39, 0.29) is 40.8 Å². The number of esters is 1. The van der Waals surface area contributed by atoms with Crippen LogP contribution in [0.2, 0.25) is 0 Å². The predicted molar refractivity (Wildman–Crippen MR) is 167 cm³/mol. The predicted octanol–water partition coefficient (Wildman–Crippen LogP) is 6.78. The number of fused-ring (bicyclic) bond motifs is 1. The van der Waals surface area contributed by atoms with Crippen LogP contribution in [0.5, 0.6) is 0 Å². The Morgan fingerprint density at radius 3 is 2.62 bits per heavy atom. The van der Waals surface area contributed by atoms with E-state index in [1.54, 1.807) is 37.4 Å². The van der Waals surface area contributed by atoms with Crippen molar-refractivity contribution in [2.45, 2.75) is 71.1 Å². The van der Waals surface area contributed by atoms with Crippen LogP contribution >= 0.6 is 11.3 Å². The standard InChI is InChI=1S/C33H35F3N4O4S/c1-4-8-23(41)14-21-15-24(31-38-29(19-45-31)33(34,35)36)26(16-37-21)20-10-11-28-25(13-20)30(42)27(32(43)44-5-2)18-40(28)17-22-9-6-7-12-39(22)3/h10-11,13,15-16,18-19,22H,4-9,12,14,17H2,1-3H3. The first-order valence-corrected chi connectivity index (χ1v) is 16.0. The number of likely N-dealkylation sites (tertiary alicyclic amines) is 1. The van der Waals surface area contributed by atoms with Crippen molar-refractivity contribution in [1.29, 1.82) is 0 Å². The second-order valence-corrected chi connectivity index (χ2v) is 12.2. The Kier molecular flexibility index (Phi) is 9.83. The minimum Gasteiger partial charge on any atom is -0.462 e. The van der Waals surface area contributed by atoms with Gasteiger partial charge >= 0.3 is 12.1 Å². The van der Waals surface area contributed by atoms with Crippen molar-refractivity contribution in [2.75, 3.05) is 20.2 Å². The van der Waals surface area contributed by atoms with Crippen LogP contribution in [0.4, 0.5) is 13.2 Å². The van der Waals surface area contributed by atoms with Crippen molar-refractivity contribution in [3.8, 4) is 21.7 Å². The molecule has 0 radical (unpaired) electrons. The average Bonchev–Trinajstić information content (AvgIpc) is 3.51. The number of piperidine rings is 1. The molecule has 1 fully saturated rings. The monoisotopic (exact) mass is 640 g/mol. The van der Waals surface area contributed by atoms with Gasteiger partial charge in [-0.15, -0.1) is 11.3 Å². The zero-order valence-corrected chi connectivity index (χ0v) is 26.3. The quantitative estimate of drug-likeness (QED) is 0.177. The summed E-state index contributed by atoms with van der Waals surface area (Å²) in [6, 6.07) is 7.02. The van der Waals surface area contributed by atoms with Gasteiger partial charge in [-0.2, -0.15) is 13.2 Å². The lowest BCUT2D eigenvalue weighted by molar-refractivity contribution is -0.140. The molecule has 1 aromatic carbocycles. The number of likely N-dealkylation sites (N-methyl/N-ethyl adjacent to an activating group) is 1. The number of halogens is 3. The topological polar surface area (TPSA) is 94.4 Å². The second kappa shape index (κ2) is 13.6. The van der Waals surface area contributed by atoms with Crippen molar-refractivity contribution in [2.24, 2.45) is 0 Å². The number of ether oxygens (including phenoxy) is 1. The molecular weight excluding hydrogens is 605 g/mol. The van der Waals surface area contributed by atoms with E-state index < -0.39 is 23.3 Å². The van der Waals surface area contributed by atoms with E-state index >= 15 is 0 Å². The van der Waals surface area contributed by atoms with E-state index in [0.29, 0.717) is 47.3 Å². The molecule has 1 aliphatic heterocycles. The summed E-state index contributed by atoms with van der Waals surface area (Å²) in [7, 11) is 2.07. The Balaban J connectivity index is 1.66. The molecule has 0 saturated carbocycles. The molecule has 0 N–H and O–H groups in total. The van der Waals surface area contributed by atoms with Crippen molar-refractivity contribution < 1.29 is 27.5 Å². The third-order valence-corrected chi connectivity index (χ3v) is 8.98. The van der Waals surface area contributed by atoms with Crippen LogP contribution in [-0.4, -0.2) is 57.4 Å². The average molecular weight is 641 g/mol. The van der Waals surface area contributed by atoms with Gasteiger partial charge in [0.1, 0.15) is 16.4 Å². The zero-order valence-electron chi connectivity index (χ0n) is 25.4. The van der Waals surface area contributed by atoms with Crippen LogP contribution < -0.4 is 5.43 Å². The maximum atomic E-state index is 13.7. The van der Waals surface area contributed by atoms with Gasteiger partial charge in [-0.1, -0.05) is 19.4 Å². The molecule has 0 aliphatic carbocycles. The fourth-order valence-corrected chi connectivity index (χ4v) is 6.63. The first-order valence-electron chi connectivity index (χ1n) is 15.1. The number of carbonyl (C=O) groups excluding carboxylic acids is 2. The SMILES string of the molecule is CCCC(=O)Cc1cc(-c2nc(C(F)(F)F)cs2)c(-c2ccc3c(c2)c(=O)c(C(=O)OCC)cn3CC2CCCCN2C)cn1. The summed E-state index contributed by atoms with van der Waals surface area (Å²) < 4.78 is 47.6.